The molecule has 5 heteroatoms. The number of nitrogens with one attached hydrogen (secondary N) is 1. The van der Waals surface area contributed by atoms with Crippen molar-refractivity contribution in [2.24, 2.45) is 0 Å². The van der Waals surface area contributed by atoms with Crippen LogP contribution < -0.4 is 5.32 Å². The molecule has 0 aliphatic carbocycles. The second-order valence-electron chi connectivity index (χ2n) is 9.22. The number of halogens is 1. The maximum atomic E-state index is 14.6. The fraction of sp³-hybridized carbons (Fsp3) is 0.286. The molecule has 3 rings (SSSR count). The number of hydrogen-bond acceptors (Lipinski definition) is 2. The normalized spacial score (nSPS) is 12.1. The summed E-state index contributed by atoms with van der Waals surface area (Å²) in [6.07, 6.45) is 0.459. The zero-order valence-corrected chi connectivity index (χ0v) is 19.4. The van der Waals surface area contributed by atoms with Crippen LogP contribution in [0.15, 0.2) is 84.9 Å². The molecular formula is C28H31FN2O2. The molecule has 33 heavy (non-hydrogen) atoms. The van der Waals surface area contributed by atoms with Crippen molar-refractivity contribution < 1.29 is 14.0 Å². The van der Waals surface area contributed by atoms with Gasteiger partial charge in [0.1, 0.15) is 11.9 Å². The van der Waals surface area contributed by atoms with Gasteiger partial charge in [-0.3, -0.25) is 9.59 Å². The van der Waals surface area contributed by atoms with Crippen molar-refractivity contribution in [3.05, 3.63) is 107 Å². The van der Waals surface area contributed by atoms with Crippen molar-refractivity contribution in [1.82, 2.24) is 10.2 Å². The number of hydrogen-bond donors (Lipinski definition) is 1. The summed E-state index contributed by atoms with van der Waals surface area (Å²) < 4.78 is 14.6. The summed E-state index contributed by atoms with van der Waals surface area (Å²) in [6.45, 7) is 5.71. The molecule has 0 spiro atoms. The molecule has 1 atom stereocenters. The van der Waals surface area contributed by atoms with E-state index in [2.05, 4.69) is 5.32 Å². The average Bonchev–Trinajstić information content (AvgIpc) is 2.77. The largest absolute Gasteiger partial charge is 0.350 e. The van der Waals surface area contributed by atoms with Gasteiger partial charge in [0.15, 0.2) is 0 Å². The van der Waals surface area contributed by atoms with Crippen LogP contribution in [-0.2, 0) is 29.0 Å². The molecule has 172 valence electrons. The van der Waals surface area contributed by atoms with Crippen molar-refractivity contribution in [1.29, 1.82) is 0 Å². The summed E-state index contributed by atoms with van der Waals surface area (Å²) in [5.74, 6) is -0.886. The molecule has 0 aliphatic heterocycles. The molecule has 0 saturated heterocycles. The summed E-state index contributed by atoms with van der Waals surface area (Å²) in [5, 5.41) is 3.01. The van der Waals surface area contributed by atoms with E-state index in [9.17, 15) is 14.0 Å². The van der Waals surface area contributed by atoms with E-state index < -0.39 is 17.4 Å². The standard InChI is InChI=1S/C28H31FN2O2/c1-28(2,3)30-27(33)25(18-21-12-6-4-7-13-21)31(20-23-16-10-11-17-24(23)29)26(32)19-22-14-8-5-9-15-22/h4-17,25H,18-20H2,1-3H3,(H,30,33)/t25-/m1/s1. The Labute approximate surface area is 195 Å². The lowest BCUT2D eigenvalue weighted by Gasteiger charge is -2.34. The molecule has 3 aromatic rings. The zero-order valence-electron chi connectivity index (χ0n) is 19.4. The van der Waals surface area contributed by atoms with Gasteiger partial charge in [-0.2, -0.15) is 0 Å². The average molecular weight is 447 g/mol. The molecule has 0 fully saturated rings. The highest BCUT2D eigenvalue weighted by Crippen LogP contribution is 2.19. The third-order valence-corrected chi connectivity index (χ3v) is 5.27. The molecule has 0 heterocycles. The van der Waals surface area contributed by atoms with Crippen molar-refractivity contribution in [3.63, 3.8) is 0 Å². The fourth-order valence-electron chi connectivity index (χ4n) is 3.69. The van der Waals surface area contributed by atoms with Crippen LogP contribution in [0.2, 0.25) is 0 Å². The SMILES string of the molecule is CC(C)(C)NC(=O)[C@@H](Cc1ccccc1)N(Cc1ccccc1F)C(=O)Cc1ccccc1. The van der Waals surface area contributed by atoms with Crippen molar-refractivity contribution in [2.45, 2.75) is 51.7 Å². The number of amides is 2. The summed E-state index contributed by atoms with van der Waals surface area (Å²) in [5.41, 5.74) is 1.67. The van der Waals surface area contributed by atoms with Crippen LogP contribution in [-0.4, -0.2) is 28.3 Å². The van der Waals surface area contributed by atoms with E-state index in [0.29, 0.717) is 12.0 Å². The van der Waals surface area contributed by atoms with E-state index in [1.165, 1.54) is 11.0 Å². The van der Waals surface area contributed by atoms with Crippen LogP contribution in [0.1, 0.15) is 37.5 Å². The van der Waals surface area contributed by atoms with Gasteiger partial charge in [0.05, 0.1) is 6.42 Å². The highest BCUT2D eigenvalue weighted by atomic mass is 19.1. The summed E-state index contributed by atoms with van der Waals surface area (Å²) in [4.78, 5) is 28.5. The Morgan fingerprint density at radius 2 is 1.39 bits per heavy atom. The first kappa shape index (κ1) is 24.2. The number of carbonyl (C=O) groups is 2. The lowest BCUT2D eigenvalue weighted by atomic mass is 9.99. The van der Waals surface area contributed by atoms with Gasteiger partial charge in [-0.1, -0.05) is 78.9 Å². The Bertz CT molecular complexity index is 1060. The van der Waals surface area contributed by atoms with Gasteiger partial charge in [-0.15, -0.1) is 0 Å². The quantitative estimate of drug-likeness (QED) is 0.534. The first-order valence-corrected chi connectivity index (χ1v) is 11.2. The first-order valence-electron chi connectivity index (χ1n) is 11.2. The molecule has 0 aliphatic rings. The molecule has 0 saturated carbocycles. The van der Waals surface area contributed by atoms with Crippen LogP contribution in [0.5, 0.6) is 0 Å². The Morgan fingerprint density at radius 1 is 0.848 bits per heavy atom. The van der Waals surface area contributed by atoms with E-state index in [-0.39, 0.29) is 24.8 Å². The number of benzene rings is 3. The lowest BCUT2D eigenvalue weighted by molar-refractivity contribution is -0.141. The topological polar surface area (TPSA) is 49.4 Å². The molecule has 0 unspecified atom stereocenters. The fourth-order valence-corrected chi connectivity index (χ4v) is 3.69. The number of nitrogens with zero attached hydrogens (tertiary/aromatic N) is 1. The maximum absolute atomic E-state index is 14.6. The highest BCUT2D eigenvalue weighted by molar-refractivity contribution is 5.89. The van der Waals surface area contributed by atoms with Crippen LogP contribution in [0.4, 0.5) is 4.39 Å². The Kier molecular flexibility index (Phi) is 7.99. The summed E-state index contributed by atoms with van der Waals surface area (Å²) in [6, 6.07) is 24.5. The molecule has 2 amide bonds. The van der Waals surface area contributed by atoms with E-state index in [4.69, 9.17) is 0 Å². The van der Waals surface area contributed by atoms with Crippen molar-refractivity contribution in [2.75, 3.05) is 0 Å². The van der Waals surface area contributed by atoms with Crippen molar-refractivity contribution >= 4 is 11.8 Å². The number of rotatable bonds is 8. The van der Waals surface area contributed by atoms with Gasteiger partial charge >= 0.3 is 0 Å². The molecule has 0 bridgehead atoms. The molecule has 4 nitrogen and oxygen atoms in total. The highest BCUT2D eigenvalue weighted by Gasteiger charge is 2.32. The minimum Gasteiger partial charge on any atom is -0.350 e. The molecule has 3 aromatic carbocycles. The van der Waals surface area contributed by atoms with E-state index in [1.54, 1.807) is 18.2 Å². The summed E-state index contributed by atoms with van der Waals surface area (Å²) >= 11 is 0. The van der Waals surface area contributed by atoms with Gasteiger partial charge < -0.3 is 10.2 Å². The Morgan fingerprint density at radius 3 is 1.97 bits per heavy atom. The summed E-state index contributed by atoms with van der Waals surface area (Å²) in [7, 11) is 0. The molecule has 0 aromatic heterocycles. The predicted octanol–water partition coefficient (Wildman–Crippen LogP) is 4.92. The van der Waals surface area contributed by atoms with Crippen LogP contribution in [0.3, 0.4) is 0 Å². The van der Waals surface area contributed by atoms with Crippen molar-refractivity contribution in [3.8, 4) is 0 Å². The van der Waals surface area contributed by atoms with Gasteiger partial charge in [-0.05, 0) is 38.0 Å². The second kappa shape index (κ2) is 10.9. The van der Waals surface area contributed by atoms with Gasteiger partial charge in [0.2, 0.25) is 11.8 Å². The van der Waals surface area contributed by atoms with Crippen LogP contribution in [0, 0.1) is 5.82 Å². The Balaban J connectivity index is 1.99. The number of carbonyl (C=O) groups excluding carboxylic acids is 2. The van der Waals surface area contributed by atoms with Crippen LogP contribution >= 0.6 is 0 Å². The minimum absolute atomic E-state index is 0.00734. The zero-order chi connectivity index (χ0) is 23.8. The van der Waals surface area contributed by atoms with Gasteiger partial charge in [0, 0.05) is 24.1 Å². The van der Waals surface area contributed by atoms with E-state index in [1.807, 2.05) is 81.4 Å². The van der Waals surface area contributed by atoms with Gasteiger partial charge in [-0.25, -0.2) is 4.39 Å². The Hall–Kier alpha value is -3.47. The van der Waals surface area contributed by atoms with E-state index >= 15 is 0 Å². The first-order chi connectivity index (χ1) is 15.7. The molecular weight excluding hydrogens is 415 g/mol. The molecule has 1 N–H and O–H groups in total. The third-order valence-electron chi connectivity index (χ3n) is 5.27. The van der Waals surface area contributed by atoms with Gasteiger partial charge in [0.25, 0.3) is 0 Å². The lowest BCUT2D eigenvalue weighted by Crippen LogP contribution is -2.54. The maximum Gasteiger partial charge on any atom is 0.243 e. The monoisotopic (exact) mass is 446 g/mol. The third kappa shape index (κ3) is 7.28. The smallest absolute Gasteiger partial charge is 0.243 e. The predicted molar refractivity (Wildman–Crippen MR) is 129 cm³/mol. The second-order valence-corrected chi connectivity index (χ2v) is 9.22. The molecule has 0 radical (unpaired) electrons. The minimum atomic E-state index is -0.789. The van der Waals surface area contributed by atoms with E-state index in [0.717, 1.165) is 11.1 Å². The van der Waals surface area contributed by atoms with Crippen LogP contribution in [0.25, 0.3) is 0 Å².